The van der Waals surface area contributed by atoms with Gasteiger partial charge in [-0.05, 0) is 24.3 Å². The summed E-state index contributed by atoms with van der Waals surface area (Å²) in [5.41, 5.74) is 1.79. The van der Waals surface area contributed by atoms with Gasteiger partial charge in [-0.15, -0.1) is 0 Å². The van der Waals surface area contributed by atoms with Crippen LogP contribution >= 0.6 is 0 Å². The van der Waals surface area contributed by atoms with Gasteiger partial charge in [0, 0.05) is 22.3 Å². The Hall–Kier alpha value is -2.86. The van der Waals surface area contributed by atoms with E-state index in [1.807, 2.05) is 24.3 Å². The molecule has 1 fully saturated rings. The van der Waals surface area contributed by atoms with Gasteiger partial charge in [0.05, 0.1) is 25.7 Å². The summed E-state index contributed by atoms with van der Waals surface area (Å²) in [5.74, 6) is 0.314. The van der Waals surface area contributed by atoms with E-state index in [9.17, 15) is 13.2 Å². The number of ketones is 1. The van der Waals surface area contributed by atoms with Gasteiger partial charge in [0.1, 0.15) is 11.5 Å². The number of Topliss-reactive ketones (excluding diaryl/α,β-unsaturated/α-hetero) is 1. The Morgan fingerprint density at radius 2 is 1.19 bits per heavy atom. The molecule has 0 radical (unpaired) electrons. The predicted octanol–water partition coefficient (Wildman–Crippen LogP) is 3.17. The third-order valence-electron chi connectivity index (χ3n) is 4.27. The van der Waals surface area contributed by atoms with Gasteiger partial charge in [0.2, 0.25) is 0 Å². The van der Waals surface area contributed by atoms with Gasteiger partial charge in [-0.2, -0.15) is 0 Å². The number of ether oxygens (including phenoxy) is 2. The van der Waals surface area contributed by atoms with Crippen molar-refractivity contribution < 1.29 is 22.7 Å². The zero-order chi connectivity index (χ0) is 19.4. The first-order valence-corrected chi connectivity index (χ1v) is 10.2. The normalized spacial score (nSPS) is 19.3. The maximum atomic E-state index is 12.9. The molecule has 0 unspecified atom stereocenters. The zero-order valence-corrected chi connectivity index (χ0v) is 16.0. The van der Waals surface area contributed by atoms with Gasteiger partial charge < -0.3 is 9.47 Å². The largest absolute Gasteiger partial charge is 0.496 e. The molecule has 0 aromatic heterocycles. The molecule has 140 valence electrons. The van der Waals surface area contributed by atoms with Crippen LogP contribution in [-0.4, -0.2) is 39.9 Å². The minimum absolute atomic E-state index is 0.229. The van der Waals surface area contributed by atoms with Gasteiger partial charge >= 0.3 is 0 Å². The highest BCUT2D eigenvalue weighted by Crippen LogP contribution is 2.28. The van der Waals surface area contributed by atoms with Crippen LogP contribution in [0.2, 0.25) is 0 Å². The highest BCUT2D eigenvalue weighted by Gasteiger charge is 2.31. The zero-order valence-electron chi connectivity index (χ0n) is 15.1. The molecule has 2 aromatic carbocycles. The average molecular weight is 384 g/mol. The van der Waals surface area contributed by atoms with E-state index in [1.165, 1.54) is 14.2 Å². The van der Waals surface area contributed by atoms with E-state index >= 15 is 0 Å². The van der Waals surface area contributed by atoms with Crippen LogP contribution in [0.1, 0.15) is 11.1 Å². The third-order valence-corrected chi connectivity index (χ3v) is 5.77. The van der Waals surface area contributed by atoms with E-state index in [0.29, 0.717) is 22.6 Å². The summed E-state index contributed by atoms with van der Waals surface area (Å²) in [6, 6.07) is 14.3. The number of hydrogen-bond donors (Lipinski definition) is 0. The van der Waals surface area contributed by atoms with Crippen molar-refractivity contribution in [1.82, 2.24) is 0 Å². The molecule has 0 atom stereocenters. The Labute approximate surface area is 158 Å². The van der Waals surface area contributed by atoms with E-state index in [0.717, 1.165) is 0 Å². The van der Waals surface area contributed by atoms with Gasteiger partial charge in [0.25, 0.3) is 0 Å². The molecule has 0 aliphatic carbocycles. The first-order chi connectivity index (χ1) is 12.9. The SMILES string of the molecule is COc1ccccc1/C=C1\CS(=O)(=O)C/C(=C\c2ccccc2OC)C1=O. The van der Waals surface area contributed by atoms with E-state index in [1.54, 1.807) is 36.4 Å². The van der Waals surface area contributed by atoms with Gasteiger partial charge in [-0.25, -0.2) is 8.42 Å². The third kappa shape index (κ3) is 4.28. The van der Waals surface area contributed by atoms with Crippen LogP contribution in [0.15, 0.2) is 59.7 Å². The molecule has 5 nitrogen and oxygen atoms in total. The van der Waals surface area contributed by atoms with E-state index < -0.39 is 9.84 Å². The fraction of sp³-hybridized carbons (Fsp3) is 0.190. The molecule has 0 spiro atoms. The van der Waals surface area contributed by atoms with Gasteiger partial charge in [0.15, 0.2) is 15.6 Å². The summed E-state index contributed by atoms with van der Waals surface area (Å²) in [7, 11) is -0.369. The van der Waals surface area contributed by atoms with E-state index in [4.69, 9.17) is 9.47 Å². The Morgan fingerprint density at radius 1 is 0.778 bits per heavy atom. The maximum absolute atomic E-state index is 12.9. The minimum atomic E-state index is -3.43. The number of carbonyl (C=O) groups is 1. The summed E-state index contributed by atoms with van der Waals surface area (Å²) in [4.78, 5) is 12.9. The maximum Gasteiger partial charge on any atom is 0.187 e. The molecule has 0 N–H and O–H groups in total. The minimum Gasteiger partial charge on any atom is -0.496 e. The second kappa shape index (κ2) is 7.80. The number of carbonyl (C=O) groups excluding carboxylic acids is 1. The molecule has 0 saturated carbocycles. The van der Waals surface area contributed by atoms with Crippen molar-refractivity contribution >= 4 is 27.8 Å². The summed E-state index contributed by atoms with van der Waals surface area (Å²) in [6.45, 7) is 0. The molecule has 1 heterocycles. The molecule has 3 rings (SSSR count). The number of methoxy groups -OCH3 is 2. The van der Waals surface area contributed by atoms with Crippen molar-refractivity contribution in [3.8, 4) is 11.5 Å². The Kier molecular flexibility index (Phi) is 5.46. The van der Waals surface area contributed by atoms with Crippen LogP contribution in [0.5, 0.6) is 11.5 Å². The molecular formula is C21H20O5S. The van der Waals surface area contributed by atoms with Crippen molar-refractivity contribution in [2.75, 3.05) is 25.7 Å². The first-order valence-electron chi connectivity index (χ1n) is 8.36. The standard InChI is InChI=1S/C21H20O5S/c1-25-19-9-5-3-7-15(19)11-17-13-27(23,24)14-18(21(17)22)12-16-8-4-6-10-20(16)26-2/h3-12H,13-14H2,1-2H3/b17-11+,18-12+. The fourth-order valence-electron chi connectivity index (χ4n) is 3.02. The lowest BCUT2D eigenvalue weighted by Crippen LogP contribution is -2.28. The highest BCUT2D eigenvalue weighted by molar-refractivity contribution is 7.92. The number of rotatable bonds is 4. The van der Waals surface area contributed by atoms with Crippen LogP contribution < -0.4 is 9.47 Å². The summed E-state index contributed by atoms with van der Waals surface area (Å²) >= 11 is 0. The van der Waals surface area contributed by atoms with Crippen molar-refractivity contribution in [3.63, 3.8) is 0 Å². The lowest BCUT2D eigenvalue weighted by Gasteiger charge is -2.18. The molecular weight excluding hydrogens is 364 g/mol. The number of sulfone groups is 1. The van der Waals surface area contributed by atoms with Crippen LogP contribution in [0.25, 0.3) is 12.2 Å². The van der Waals surface area contributed by atoms with Crippen LogP contribution in [0, 0.1) is 0 Å². The van der Waals surface area contributed by atoms with E-state index in [2.05, 4.69) is 0 Å². The van der Waals surface area contributed by atoms with Crippen molar-refractivity contribution in [3.05, 3.63) is 70.8 Å². The molecule has 0 amide bonds. The molecule has 27 heavy (non-hydrogen) atoms. The Bertz CT molecular complexity index is 957. The molecule has 1 saturated heterocycles. The van der Waals surface area contributed by atoms with Crippen LogP contribution in [0.3, 0.4) is 0 Å². The van der Waals surface area contributed by atoms with Gasteiger partial charge in [-0.1, -0.05) is 36.4 Å². The summed E-state index contributed by atoms with van der Waals surface area (Å²) < 4.78 is 35.4. The molecule has 2 aromatic rings. The van der Waals surface area contributed by atoms with Crippen molar-refractivity contribution in [1.29, 1.82) is 0 Å². The smallest absolute Gasteiger partial charge is 0.187 e. The van der Waals surface area contributed by atoms with E-state index in [-0.39, 0.29) is 28.4 Å². The lowest BCUT2D eigenvalue weighted by molar-refractivity contribution is -0.112. The number of benzene rings is 2. The summed E-state index contributed by atoms with van der Waals surface area (Å²) in [6.07, 6.45) is 3.18. The molecule has 1 aliphatic rings. The average Bonchev–Trinajstić information content (AvgIpc) is 2.66. The van der Waals surface area contributed by atoms with Crippen molar-refractivity contribution in [2.45, 2.75) is 0 Å². The molecule has 1 aliphatic heterocycles. The molecule has 0 bridgehead atoms. The monoisotopic (exact) mass is 384 g/mol. The fourth-order valence-corrected chi connectivity index (χ4v) is 4.50. The lowest BCUT2D eigenvalue weighted by atomic mass is 10.00. The Morgan fingerprint density at radius 3 is 1.59 bits per heavy atom. The predicted molar refractivity (Wildman–Crippen MR) is 106 cm³/mol. The quantitative estimate of drug-likeness (QED) is 0.758. The topological polar surface area (TPSA) is 69.7 Å². The number of para-hydroxylation sites is 2. The Balaban J connectivity index is 2.06. The van der Waals surface area contributed by atoms with Crippen LogP contribution in [-0.2, 0) is 14.6 Å². The highest BCUT2D eigenvalue weighted by atomic mass is 32.2. The van der Waals surface area contributed by atoms with Crippen molar-refractivity contribution in [2.24, 2.45) is 0 Å². The number of hydrogen-bond acceptors (Lipinski definition) is 5. The second-order valence-corrected chi connectivity index (χ2v) is 8.25. The second-order valence-electron chi connectivity index (χ2n) is 6.18. The molecule has 6 heteroatoms. The first kappa shape index (κ1) is 18.9. The van der Waals surface area contributed by atoms with Crippen LogP contribution in [0.4, 0.5) is 0 Å². The van der Waals surface area contributed by atoms with Gasteiger partial charge in [-0.3, -0.25) is 4.79 Å². The summed E-state index contributed by atoms with van der Waals surface area (Å²) in [5, 5.41) is 0.